The molecular weight excluding hydrogens is 384 g/mol. The van der Waals surface area contributed by atoms with Crippen LogP contribution in [0.2, 0.25) is 0 Å². The lowest BCUT2D eigenvalue weighted by atomic mass is 9.88. The standard InChI is InChI=1S/C24H18O6/c1-10-5-7-12(3)20-16(10)19(25)18(24(27)30-20)15-9-14-22(28-15)17-11(2)6-8-13(4)21(17)29-23(14)26/h5-9,18H,1-4H3. The zero-order valence-electron chi connectivity index (χ0n) is 16.9. The molecule has 1 atom stereocenters. The molecule has 0 amide bonds. The van der Waals surface area contributed by atoms with Crippen molar-refractivity contribution in [2.45, 2.75) is 33.6 Å². The van der Waals surface area contributed by atoms with E-state index in [1.54, 1.807) is 19.9 Å². The maximum Gasteiger partial charge on any atom is 0.347 e. The predicted octanol–water partition coefficient (Wildman–Crippen LogP) is 4.66. The third kappa shape index (κ3) is 2.40. The quantitative estimate of drug-likeness (QED) is 0.199. The van der Waals surface area contributed by atoms with Gasteiger partial charge in [-0.15, -0.1) is 0 Å². The number of aryl methyl sites for hydroxylation is 4. The molecule has 6 heteroatoms. The molecule has 2 aromatic carbocycles. The van der Waals surface area contributed by atoms with E-state index in [9.17, 15) is 14.4 Å². The van der Waals surface area contributed by atoms with Gasteiger partial charge in [0.15, 0.2) is 17.3 Å². The van der Waals surface area contributed by atoms with E-state index in [2.05, 4.69) is 0 Å². The van der Waals surface area contributed by atoms with Gasteiger partial charge in [0.05, 0.1) is 10.9 Å². The highest BCUT2D eigenvalue weighted by Crippen LogP contribution is 2.39. The van der Waals surface area contributed by atoms with Gasteiger partial charge in [0.1, 0.15) is 22.5 Å². The van der Waals surface area contributed by atoms with E-state index in [-0.39, 0.29) is 16.9 Å². The number of hydrogen-bond donors (Lipinski definition) is 0. The molecule has 0 bridgehead atoms. The van der Waals surface area contributed by atoms with Crippen molar-refractivity contribution in [1.82, 2.24) is 0 Å². The van der Waals surface area contributed by atoms with Crippen LogP contribution in [0.4, 0.5) is 0 Å². The number of ether oxygens (including phenoxy) is 1. The minimum absolute atomic E-state index is 0.0762. The van der Waals surface area contributed by atoms with Gasteiger partial charge >= 0.3 is 11.6 Å². The molecule has 2 aromatic heterocycles. The van der Waals surface area contributed by atoms with Crippen LogP contribution in [0.5, 0.6) is 5.75 Å². The number of fused-ring (bicyclic) bond motifs is 4. The van der Waals surface area contributed by atoms with E-state index in [4.69, 9.17) is 13.6 Å². The fourth-order valence-electron chi connectivity index (χ4n) is 4.12. The van der Waals surface area contributed by atoms with Gasteiger partial charge < -0.3 is 13.6 Å². The number of carbonyl (C=O) groups excluding carboxylic acids is 2. The molecule has 3 heterocycles. The molecule has 0 spiro atoms. The van der Waals surface area contributed by atoms with Gasteiger partial charge in [0.2, 0.25) is 0 Å². The Hall–Kier alpha value is -3.67. The van der Waals surface area contributed by atoms with Crippen molar-refractivity contribution in [3.63, 3.8) is 0 Å². The van der Waals surface area contributed by atoms with Crippen LogP contribution in [0.1, 0.15) is 44.3 Å². The maximum atomic E-state index is 13.3. The number of esters is 1. The minimum atomic E-state index is -1.27. The second-order valence-corrected chi connectivity index (χ2v) is 7.81. The van der Waals surface area contributed by atoms with Crippen molar-refractivity contribution < 1.29 is 23.2 Å². The Morgan fingerprint density at radius 1 is 0.767 bits per heavy atom. The summed E-state index contributed by atoms with van der Waals surface area (Å²) in [5.41, 5.74) is 3.60. The Balaban J connectivity index is 1.77. The summed E-state index contributed by atoms with van der Waals surface area (Å²) < 4.78 is 17.0. The lowest BCUT2D eigenvalue weighted by Crippen LogP contribution is -2.32. The van der Waals surface area contributed by atoms with E-state index in [0.29, 0.717) is 33.2 Å². The molecule has 30 heavy (non-hydrogen) atoms. The average molecular weight is 402 g/mol. The first-order valence-electron chi connectivity index (χ1n) is 9.60. The van der Waals surface area contributed by atoms with Gasteiger partial charge in [-0.05, 0) is 56.0 Å². The van der Waals surface area contributed by atoms with Crippen molar-refractivity contribution in [1.29, 1.82) is 0 Å². The molecule has 5 rings (SSSR count). The highest BCUT2D eigenvalue weighted by molar-refractivity contribution is 6.18. The molecule has 0 saturated carbocycles. The molecule has 6 nitrogen and oxygen atoms in total. The number of rotatable bonds is 1. The highest BCUT2D eigenvalue weighted by Gasteiger charge is 2.41. The van der Waals surface area contributed by atoms with E-state index in [1.807, 2.05) is 32.0 Å². The van der Waals surface area contributed by atoms with Crippen LogP contribution in [0, 0.1) is 27.7 Å². The molecule has 0 radical (unpaired) electrons. The van der Waals surface area contributed by atoms with E-state index >= 15 is 0 Å². The molecular formula is C24H18O6. The van der Waals surface area contributed by atoms with Crippen LogP contribution in [-0.2, 0) is 4.79 Å². The maximum absolute atomic E-state index is 13.3. The fourth-order valence-corrected chi connectivity index (χ4v) is 4.12. The van der Waals surface area contributed by atoms with Crippen LogP contribution in [0.15, 0.2) is 44.0 Å². The first kappa shape index (κ1) is 18.4. The van der Waals surface area contributed by atoms with E-state index < -0.39 is 23.3 Å². The molecule has 150 valence electrons. The summed E-state index contributed by atoms with van der Waals surface area (Å²) in [6.07, 6.45) is 0. The molecule has 1 aliphatic heterocycles. The monoisotopic (exact) mass is 402 g/mol. The second-order valence-electron chi connectivity index (χ2n) is 7.81. The smallest absolute Gasteiger partial charge is 0.347 e. The molecule has 0 aliphatic carbocycles. The Bertz CT molecular complexity index is 1470. The normalized spacial score (nSPS) is 16.2. The van der Waals surface area contributed by atoms with Gasteiger partial charge in [-0.2, -0.15) is 0 Å². The average Bonchev–Trinajstić information content (AvgIpc) is 3.13. The van der Waals surface area contributed by atoms with Crippen molar-refractivity contribution in [2.75, 3.05) is 0 Å². The van der Waals surface area contributed by atoms with Crippen LogP contribution in [-0.4, -0.2) is 11.8 Å². The van der Waals surface area contributed by atoms with Gasteiger partial charge in [-0.3, -0.25) is 9.59 Å². The Morgan fingerprint density at radius 2 is 1.43 bits per heavy atom. The van der Waals surface area contributed by atoms with Crippen molar-refractivity contribution >= 4 is 33.7 Å². The largest absolute Gasteiger partial charge is 0.459 e. The summed E-state index contributed by atoms with van der Waals surface area (Å²) in [5, 5.41) is 0.846. The van der Waals surface area contributed by atoms with E-state index in [0.717, 1.165) is 11.1 Å². The Morgan fingerprint density at radius 3 is 2.20 bits per heavy atom. The zero-order chi connectivity index (χ0) is 21.3. The first-order chi connectivity index (χ1) is 14.3. The summed E-state index contributed by atoms with van der Waals surface area (Å²) in [4.78, 5) is 38.6. The van der Waals surface area contributed by atoms with E-state index in [1.165, 1.54) is 6.07 Å². The van der Waals surface area contributed by atoms with Gasteiger partial charge in [-0.1, -0.05) is 24.3 Å². The third-order valence-electron chi connectivity index (χ3n) is 5.75. The van der Waals surface area contributed by atoms with Crippen molar-refractivity contribution in [3.8, 4) is 5.75 Å². The van der Waals surface area contributed by atoms with Crippen LogP contribution < -0.4 is 10.4 Å². The topological polar surface area (TPSA) is 86.7 Å². The summed E-state index contributed by atoms with van der Waals surface area (Å²) in [7, 11) is 0. The van der Waals surface area contributed by atoms with Crippen LogP contribution in [0.25, 0.3) is 21.9 Å². The fraction of sp³-hybridized carbons (Fsp3) is 0.208. The number of carbonyl (C=O) groups is 2. The van der Waals surface area contributed by atoms with Gasteiger partial charge in [-0.25, -0.2) is 4.79 Å². The first-order valence-corrected chi connectivity index (χ1v) is 9.60. The number of ketones is 1. The van der Waals surface area contributed by atoms with Gasteiger partial charge in [0.25, 0.3) is 0 Å². The Kier molecular flexibility index (Phi) is 3.77. The summed E-state index contributed by atoms with van der Waals surface area (Å²) in [5.74, 6) is -2.03. The van der Waals surface area contributed by atoms with Gasteiger partial charge in [0, 0.05) is 0 Å². The number of hydrogen-bond acceptors (Lipinski definition) is 6. The lowest BCUT2D eigenvalue weighted by molar-refractivity contribution is -0.135. The second kappa shape index (κ2) is 6.16. The SMILES string of the molecule is Cc1ccc(C)c2c1OC(=O)C(c1cc3c(=O)oc4c(C)ccc(C)c4c3o1)C2=O. The molecule has 0 N–H and O–H groups in total. The summed E-state index contributed by atoms with van der Waals surface area (Å²) >= 11 is 0. The number of Topliss-reactive ketones (excluding diaryl/α,β-unsaturated/α-hetero) is 1. The van der Waals surface area contributed by atoms with Crippen LogP contribution >= 0.6 is 0 Å². The number of benzene rings is 2. The van der Waals surface area contributed by atoms with Crippen LogP contribution in [0.3, 0.4) is 0 Å². The summed E-state index contributed by atoms with van der Waals surface area (Å²) in [6, 6.07) is 8.80. The molecule has 1 aliphatic rings. The molecule has 0 fully saturated rings. The molecule has 0 saturated heterocycles. The zero-order valence-corrected chi connectivity index (χ0v) is 16.9. The third-order valence-corrected chi connectivity index (χ3v) is 5.75. The Labute approximate surface area is 171 Å². The summed E-state index contributed by atoms with van der Waals surface area (Å²) in [6.45, 7) is 7.29. The highest BCUT2D eigenvalue weighted by atomic mass is 16.5. The van der Waals surface area contributed by atoms with Crippen molar-refractivity contribution in [2.24, 2.45) is 0 Å². The molecule has 1 unspecified atom stereocenters. The predicted molar refractivity (Wildman–Crippen MR) is 110 cm³/mol. The lowest BCUT2D eigenvalue weighted by Gasteiger charge is -2.23. The number of furan rings is 1. The molecule has 4 aromatic rings. The minimum Gasteiger partial charge on any atom is -0.459 e. The van der Waals surface area contributed by atoms with Crippen molar-refractivity contribution in [3.05, 3.63) is 74.3 Å².